The van der Waals surface area contributed by atoms with Crippen LogP contribution < -0.4 is 4.74 Å². The number of phenols is 1. The Morgan fingerprint density at radius 3 is 2.29 bits per heavy atom. The second kappa shape index (κ2) is 9.60. The number of hydrogen-bond acceptors (Lipinski definition) is 7. The maximum absolute atomic E-state index is 12.4. The molecule has 0 heterocycles. The predicted octanol–water partition coefficient (Wildman–Crippen LogP) is 5.94. The van der Waals surface area contributed by atoms with E-state index in [1.165, 1.54) is 54.6 Å². The van der Waals surface area contributed by atoms with Gasteiger partial charge in [-0.3, -0.25) is 14.9 Å². The predicted molar refractivity (Wildman–Crippen MR) is 125 cm³/mol. The summed E-state index contributed by atoms with van der Waals surface area (Å²) < 4.78 is 10.6. The summed E-state index contributed by atoms with van der Waals surface area (Å²) in [5.41, 5.74) is -0.0928. The third-order valence-corrected chi connectivity index (χ3v) is 5.18. The average Bonchev–Trinajstić information content (AvgIpc) is 2.83. The Morgan fingerprint density at radius 2 is 1.62 bits per heavy atom. The summed E-state index contributed by atoms with van der Waals surface area (Å²) in [6, 6.07) is 20.0. The van der Waals surface area contributed by atoms with Crippen molar-refractivity contribution >= 4 is 39.8 Å². The molecule has 0 bridgehead atoms. The summed E-state index contributed by atoms with van der Waals surface area (Å²) in [4.78, 5) is 35.4. The number of carbonyl (C=O) groups excluding carboxylic acids is 2. The van der Waals surface area contributed by atoms with Crippen LogP contribution in [0.5, 0.6) is 17.2 Å². The van der Waals surface area contributed by atoms with E-state index < -0.39 is 23.3 Å². The number of hydrogen-bond donors (Lipinski definition) is 1. The number of carbonyl (C=O) groups is 2. The van der Waals surface area contributed by atoms with Gasteiger partial charge in [0.05, 0.1) is 4.92 Å². The summed E-state index contributed by atoms with van der Waals surface area (Å²) in [6.07, 6.45) is 0. The molecule has 4 aromatic rings. The van der Waals surface area contributed by atoms with Crippen LogP contribution in [0.15, 0.2) is 78.9 Å². The number of ketones is 1. The maximum atomic E-state index is 12.4. The van der Waals surface area contributed by atoms with Crippen LogP contribution in [0.3, 0.4) is 0 Å². The molecule has 0 aliphatic rings. The molecule has 1 N–H and O–H groups in total. The monoisotopic (exact) mass is 477 g/mol. The van der Waals surface area contributed by atoms with Gasteiger partial charge in [-0.25, -0.2) is 4.79 Å². The van der Waals surface area contributed by atoms with E-state index in [-0.39, 0.29) is 39.1 Å². The van der Waals surface area contributed by atoms with Crippen molar-refractivity contribution < 1.29 is 29.1 Å². The molecule has 0 atom stereocenters. The van der Waals surface area contributed by atoms with E-state index in [4.69, 9.17) is 21.1 Å². The molecular formula is C25H16ClNO7. The number of nitro groups is 1. The molecule has 0 unspecified atom stereocenters. The van der Waals surface area contributed by atoms with Gasteiger partial charge >= 0.3 is 11.7 Å². The normalized spacial score (nSPS) is 10.6. The number of rotatable bonds is 7. The number of Topliss-reactive ketones (excluding diaryl/α,β-unsaturated/α-hetero) is 1. The Morgan fingerprint density at radius 1 is 0.941 bits per heavy atom. The van der Waals surface area contributed by atoms with Crippen molar-refractivity contribution in [2.75, 3.05) is 6.61 Å². The lowest BCUT2D eigenvalue weighted by molar-refractivity contribution is -0.385. The maximum Gasteiger partial charge on any atom is 0.342 e. The number of ether oxygens (including phenoxy) is 2. The highest BCUT2D eigenvalue weighted by Crippen LogP contribution is 2.33. The third-order valence-electron chi connectivity index (χ3n) is 4.94. The molecule has 170 valence electrons. The van der Waals surface area contributed by atoms with Crippen LogP contribution in [0.4, 0.5) is 5.69 Å². The van der Waals surface area contributed by atoms with Gasteiger partial charge in [-0.1, -0.05) is 35.9 Å². The average molecular weight is 478 g/mol. The highest BCUT2D eigenvalue weighted by molar-refractivity contribution is 6.30. The Kier molecular flexibility index (Phi) is 6.42. The molecule has 0 saturated carbocycles. The van der Waals surface area contributed by atoms with Crippen LogP contribution >= 0.6 is 11.6 Å². The van der Waals surface area contributed by atoms with Crippen molar-refractivity contribution in [3.8, 4) is 17.2 Å². The number of esters is 1. The fraction of sp³-hybridized carbons (Fsp3) is 0.0400. The Labute approximate surface area is 198 Å². The molecule has 9 heteroatoms. The minimum absolute atomic E-state index is 0.00222. The van der Waals surface area contributed by atoms with Crippen molar-refractivity contribution in [2.24, 2.45) is 0 Å². The topological polar surface area (TPSA) is 116 Å². The van der Waals surface area contributed by atoms with E-state index in [1.807, 2.05) is 6.07 Å². The molecule has 0 amide bonds. The zero-order valence-electron chi connectivity index (χ0n) is 17.4. The zero-order chi connectivity index (χ0) is 24.2. The highest BCUT2D eigenvalue weighted by atomic mass is 35.5. The van der Waals surface area contributed by atoms with E-state index in [1.54, 1.807) is 18.2 Å². The lowest BCUT2D eigenvalue weighted by Gasteiger charge is -2.09. The van der Waals surface area contributed by atoms with Crippen molar-refractivity contribution in [3.63, 3.8) is 0 Å². The summed E-state index contributed by atoms with van der Waals surface area (Å²) in [5.74, 6) is -1.28. The Hall–Kier alpha value is -4.43. The first kappa shape index (κ1) is 22.8. The summed E-state index contributed by atoms with van der Waals surface area (Å²) in [6.45, 7) is -0.534. The van der Waals surface area contributed by atoms with Gasteiger partial charge in [0.25, 0.3) is 0 Å². The number of nitrogens with zero attached hydrogens (tertiary/aromatic N) is 1. The molecule has 34 heavy (non-hydrogen) atoms. The zero-order valence-corrected chi connectivity index (χ0v) is 18.2. The van der Waals surface area contributed by atoms with E-state index in [9.17, 15) is 24.8 Å². The first-order valence-electron chi connectivity index (χ1n) is 9.96. The molecule has 0 aliphatic carbocycles. The number of phenolic OH excluding ortho intramolecular Hbond substituents is 1. The summed E-state index contributed by atoms with van der Waals surface area (Å²) in [7, 11) is 0. The molecule has 4 aromatic carbocycles. The number of benzene rings is 4. The van der Waals surface area contributed by atoms with E-state index >= 15 is 0 Å². The van der Waals surface area contributed by atoms with Gasteiger partial charge in [0.1, 0.15) is 17.1 Å². The lowest BCUT2D eigenvalue weighted by atomic mass is 10.1. The quantitative estimate of drug-likeness (QED) is 0.151. The van der Waals surface area contributed by atoms with Crippen LogP contribution in [0, 0.1) is 10.1 Å². The molecule has 4 rings (SSSR count). The number of fused-ring (bicyclic) bond motifs is 1. The van der Waals surface area contributed by atoms with E-state index in [0.29, 0.717) is 0 Å². The van der Waals surface area contributed by atoms with E-state index in [2.05, 4.69) is 0 Å². The molecule has 0 aliphatic heterocycles. The van der Waals surface area contributed by atoms with Crippen molar-refractivity contribution in [1.82, 2.24) is 0 Å². The lowest BCUT2D eigenvalue weighted by Crippen LogP contribution is -2.14. The van der Waals surface area contributed by atoms with Gasteiger partial charge in [0.15, 0.2) is 12.4 Å². The van der Waals surface area contributed by atoms with Crippen molar-refractivity contribution in [2.45, 2.75) is 0 Å². The van der Waals surface area contributed by atoms with Gasteiger partial charge in [-0.15, -0.1) is 0 Å². The van der Waals surface area contributed by atoms with E-state index in [0.717, 1.165) is 10.8 Å². The number of aromatic hydroxyl groups is 1. The fourth-order valence-corrected chi connectivity index (χ4v) is 3.41. The third kappa shape index (κ3) is 4.97. The van der Waals surface area contributed by atoms with Gasteiger partial charge < -0.3 is 14.6 Å². The number of halogens is 1. The molecule has 0 radical (unpaired) electrons. The number of nitro benzene ring substituents is 1. The highest BCUT2D eigenvalue weighted by Gasteiger charge is 2.18. The standard InChI is InChI=1S/C25H16ClNO7/c26-18-7-10-24(21(13-18)27(31)32)34-19-8-5-15(6-9-19)23(29)14-33-25(30)20-11-16-3-1-2-4-17(16)12-22(20)28/h1-13,28H,14H2. The minimum atomic E-state index is -0.827. The van der Waals surface area contributed by atoms with Gasteiger partial charge in [0, 0.05) is 16.7 Å². The van der Waals surface area contributed by atoms with Crippen LogP contribution in [0.1, 0.15) is 20.7 Å². The Bertz CT molecular complexity index is 1420. The Balaban J connectivity index is 1.41. The van der Waals surface area contributed by atoms with Crippen molar-refractivity contribution in [1.29, 1.82) is 0 Å². The van der Waals surface area contributed by atoms with Crippen LogP contribution in [-0.2, 0) is 4.74 Å². The first-order chi connectivity index (χ1) is 16.3. The second-order valence-electron chi connectivity index (χ2n) is 7.21. The SMILES string of the molecule is O=C(COC(=O)c1cc2ccccc2cc1O)c1ccc(Oc2ccc(Cl)cc2[N+](=O)[O-])cc1. The minimum Gasteiger partial charge on any atom is -0.507 e. The molecule has 8 nitrogen and oxygen atoms in total. The van der Waals surface area contributed by atoms with Gasteiger partial charge in [0.2, 0.25) is 5.75 Å². The first-order valence-corrected chi connectivity index (χ1v) is 10.3. The van der Waals surface area contributed by atoms with Crippen LogP contribution in [0.2, 0.25) is 5.02 Å². The smallest absolute Gasteiger partial charge is 0.342 e. The van der Waals surface area contributed by atoms with Gasteiger partial charge in [-0.2, -0.15) is 0 Å². The molecule has 0 saturated heterocycles. The van der Waals surface area contributed by atoms with Crippen LogP contribution in [0.25, 0.3) is 10.8 Å². The molecule has 0 fully saturated rings. The van der Waals surface area contributed by atoms with Crippen molar-refractivity contribution in [3.05, 3.63) is 105 Å². The largest absolute Gasteiger partial charge is 0.507 e. The fourth-order valence-electron chi connectivity index (χ4n) is 3.24. The molecule has 0 aromatic heterocycles. The summed E-state index contributed by atoms with van der Waals surface area (Å²) in [5, 5.41) is 23.0. The van der Waals surface area contributed by atoms with Gasteiger partial charge in [-0.05, 0) is 59.3 Å². The second-order valence-corrected chi connectivity index (χ2v) is 7.65. The molecule has 0 spiro atoms. The van der Waals surface area contributed by atoms with Crippen LogP contribution in [-0.4, -0.2) is 28.4 Å². The molecular weight excluding hydrogens is 462 g/mol. The summed E-state index contributed by atoms with van der Waals surface area (Å²) >= 11 is 5.80.